The van der Waals surface area contributed by atoms with Crippen LogP contribution in [0.4, 0.5) is 0 Å². The Morgan fingerprint density at radius 1 is 1.09 bits per heavy atom. The smallest absolute Gasteiger partial charge is 0.193 e. The minimum atomic E-state index is -0.182. The van der Waals surface area contributed by atoms with Gasteiger partial charge in [0, 0.05) is 15.6 Å². The summed E-state index contributed by atoms with van der Waals surface area (Å²) in [4.78, 5) is 12.4. The quantitative estimate of drug-likeness (QED) is 0.477. The highest BCUT2D eigenvalue weighted by Crippen LogP contribution is 2.18. The molecule has 0 radical (unpaired) electrons. The Bertz CT molecular complexity index is 648. The van der Waals surface area contributed by atoms with E-state index in [1.165, 1.54) is 0 Å². The third-order valence-electron chi connectivity index (χ3n) is 3.14. The number of ketones is 1. The number of ether oxygens (including phenoxy) is 1. The molecule has 0 heterocycles. The first-order valence-corrected chi connectivity index (χ1v) is 7.80. The normalized spacial score (nSPS) is 12.3. The average Bonchev–Trinajstić information content (AvgIpc) is 2.55. The number of halogens is 1. The number of hydrogen-bond acceptors (Lipinski definition) is 3. The van der Waals surface area contributed by atoms with Crippen molar-refractivity contribution < 1.29 is 9.53 Å². The molecule has 2 aromatic rings. The van der Waals surface area contributed by atoms with Crippen LogP contribution in [-0.4, -0.2) is 19.1 Å². The Kier molecular flexibility index (Phi) is 5.92. The summed E-state index contributed by atoms with van der Waals surface area (Å²) in [5.41, 5.74) is 1.31. The third-order valence-corrected chi connectivity index (χ3v) is 3.67. The Labute approximate surface area is 139 Å². The first-order chi connectivity index (χ1) is 10.6. The van der Waals surface area contributed by atoms with Crippen LogP contribution in [0.25, 0.3) is 0 Å². The van der Waals surface area contributed by atoms with Crippen LogP contribution in [0.5, 0.6) is 5.75 Å². The summed E-state index contributed by atoms with van der Waals surface area (Å²) in [7, 11) is 1.83. The molecule has 3 nitrogen and oxygen atoms in total. The molecule has 2 aromatic carbocycles. The number of nitrogens with one attached hydrogen (secondary N) is 1. The standard InChI is InChI=1S/C18H18BrNO2/c1-3-4-17(20-2)22-16-11-7-14(8-12-16)18(21)13-5-9-15(19)10-6-13/h3-12,17,20H,1-2H3. The molecular weight excluding hydrogens is 342 g/mol. The molecule has 1 unspecified atom stereocenters. The minimum absolute atomic E-state index is 0.00216. The molecule has 4 heteroatoms. The van der Waals surface area contributed by atoms with Crippen molar-refractivity contribution in [3.63, 3.8) is 0 Å². The van der Waals surface area contributed by atoms with Crippen molar-refractivity contribution in [3.05, 3.63) is 76.3 Å². The van der Waals surface area contributed by atoms with E-state index in [2.05, 4.69) is 21.2 Å². The second-order valence-electron chi connectivity index (χ2n) is 4.71. The van der Waals surface area contributed by atoms with E-state index < -0.39 is 0 Å². The lowest BCUT2D eigenvalue weighted by Crippen LogP contribution is -2.28. The molecular formula is C18H18BrNO2. The molecule has 0 saturated heterocycles. The van der Waals surface area contributed by atoms with Crippen LogP contribution in [-0.2, 0) is 0 Å². The molecule has 114 valence electrons. The van der Waals surface area contributed by atoms with Crippen LogP contribution in [0, 0.1) is 0 Å². The van der Waals surface area contributed by atoms with Gasteiger partial charge in [0.2, 0.25) is 0 Å². The van der Waals surface area contributed by atoms with Gasteiger partial charge in [-0.3, -0.25) is 10.1 Å². The van der Waals surface area contributed by atoms with Gasteiger partial charge in [-0.15, -0.1) is 0 Å². The number of benzene rings is 2. The highest BCUT2D eigenvalue weighted by molar-refractivity contribution is 9.10. The lowest BCUT2D eigenvalue weighted by Gasteiger charge is -2.14. The summed E-state index contributed by atoms with van der Waals surface area (Å²) in [5.74, 6) is 0.711. The van der Waals surface area contributed by atoms with Gasteiger partial charge in [-0.1, -0.05) is 22.0 Å². The van der Waals surface area contributed by atoms with Crippen molar-refractivity contribution in [2.24, 2.45) is 0 Å². The number of carbonyl (C=O) groups is 1. The molecule has 2 rings (SSSR count). The molecule has 0 aliphatic carbocycles. The van der Waals surface area contributed by atoms with Gasteiger partial charge in [-0.25, -0.2) is 0 Å². The fourth-order valence-electron chi connectivity index (χ4n) is 1.97. The molecule has 0 amide bonds. The second kappa shape index (κ2) is 7.92. The Hall–Kier alpha value is -1.91. The van der Waals surface area contributed by atoms with Crippen molar-refractivity contribution in [1.29, 1.82) is 0 Å². The highest BCUT2D eigenvalue weighted by Gasteiger charge is 2.09. The molecule has 0 aliphatic heterocycles. The average molecular weight is 360 g/mol. The predicted molar refractivity (Wildman–Crippen MR) is 92.3 cm³/mol. The number of likely N-dealkylation sites (N-methyl/N-ethyl adjacent to an activating group) is 1. The fourth-order valence-corrected chi connectivity index (χ4v) is 2.23. The van der Waals surface area contributed by atoms with E-state index in [1.54, 1.807) is 36.4 Å². The highest BCUT2D eigenvalue weighted by atomic mass is 79.9. The lowest BCUT2D eigenvalue weighted by atomic mass is 10.0. The maximum Gasteiger partial charge on any atom is 0.193 e. The van der Waals surface area contributed by atoms with Crippen LogP contribution in [0.3, 0.4) is 0 Å². The molecule has 0 bridgehead atoms. The molecule has 0 aliphatic rings. The van der Waals surface area contributed by atoms with Gasteiger partial charge in [0.05, 0.1) is 0 Å². The van der Waals surface area contributed by atoms with Crippen LogP contribution in [0.15, 0.2) is 65.2 Å². The molecule has 1 atom stereocenters. The Morgan fingerprint density at radius 2 is 1.64 bits per heavy atom. The number of hydrogen-bond donors (Lipinski definition) is 1. The van der Waals surface area contributed by atoms with Crippen LogP contribution in [0.2, 0.25) is 0 Å². The van der Waals surface area contributed by atoms with Crippen LogP contribution >= 0.6 is 15.9 Å². The first-order valence-electron chi connectivity index (χ1n) is 7.01. The summed E-state index contributed by atoms with van der Waals surface area (Å²) in [6, 6.07) is 14.5. The van der Waals surface area contributed by atoms with E-state index in [1.807, 2.05) is 38.3 Å². The summed E-state index contributed by atoms with van der Waals surface area (Å²) >= 11 is 3.36. The second-order valence-corrected chi connectivity index (χ2v) is 5.63. The lowest BCUT2D eigenvalue weighted by molar-refractivity contribution is 0.103. The van der Waals surface area contributed by atoms with Crippen molar-refractivity contribution >= 4 is 21.7 Å². The molecule has 0 saturated carbocycles. The Balaban J connectivity index is 2.11. The van der Waals surface area contributed by atoms with Gasteiger partial charge in [-0.2, -0.15) is 0 Å². The molecule has 22 heavy (non-hydrogen) atoms. The first kappa shape index (κ1) is 16.5. The number of carbonyl (C=O) groups excluding carboxylic acids is 1. The van der Waals surface area contributed by atoms with Gasteiger partial charge in [-0.05, 0) is 68.6 Å². The molecule has 0 spiro atoms. The predicted octanol–water partition coefficient (Wildman–Crippen LogP) is 4.18. The summed E-state index contributed by atoms with van der Waals surface area (Å²) < 4.78 is 6.70. The van der Waals surface area contributed by atoms with Gasteiger partial charge in [0.1, 0.15) is 5.75 Å². The van der Waals surface area contributed by atoms with Gasteiger partial charge >= 0.3 is 0 Å². The third kappa shape index (κ3) is 4.29. The molecule has 1 N–H and O–H groups in total. The molecule has 0 fully saturated rings. The van der Waals surface area contributed by atoms with E-state index in [9.17, 15) is 4.79 Å². The van der Waals surface area contributed by atoms with Crippen molar-refractivity contribution in [1.82, 2.24) is 5.32 Å². The van der Waals surface area contributed by atoms with Gasteiger partial charge in [0.15, 0.2) is 12.0 Å². The fraction of sp³-hybridized carbons (Fsp3) is 0.167. The van der Waals surface area contributed by atoms with Crippen molar-refractivity contribution in [3.8, 4) is 5.75 Å². The topological polar surface area (TPSA) is 38.3 Å². The zero-order valence-electron chi connectivity index (χ0n) is 12.5. The van der Waals surface area contributed by atoms with Gasteiger partial charge < -0.3 is 4.74 Å². The van der Waals surface area contributed by atoms with Gasteiger partial charge in [0.25, 0.3) is 0 Å². The molecule has 0 aromatic heterocycles. The van der Waals surface area contributed by atoms with Crippen LogP contribution < -0.4 is 10.1 Å². The largest absolute Gasteiger partial charge is 0.472 e. The summed E-state index contributed by atoms with van der Waals surface area (Å²) in [6.45, 7) is 1.94. The number of rotatable bonds is 6. The van der Waals surface area contributed by atoms with E-state index in [0.717, 1.165) is 4.47 Å². The monoisotopic (exact) mass is 359 g/mol. The van der Waals surface area contributed by atoms with Crippen molar-refractivity contribution in [2.75, 3.05) is 7.05 Å². The zero-order valence-corrected chi connectivity index (χ0v) is 14.1. The SMILES string of the molecule is CC=CC(NC)Oc1ccc(C(=O)c2ccc(Br)cc2)cc1. The van der Waals surface area contributed by atoms with E-state index >= 15 is 0 Å². The summed E-state index contributed by atoms with van der Waals surface area (Å²) in [5, 5.41) is 3.04. The van der Waals surface area contributed by atoms with E-state index in [-0.39, 0.29) is 12.0 Å². The van der Waals surface area contributed by atoms with E-state index in [0.29, 0.717) is 16.9 Å². The van der Waals surface area contributed by atoms with E-state index in [4.69, 9.17) is 4.74 Å². The zero-order chi connectivity index (χ0) is 15.9. The van der Waals surface area contributed by atoms with Crippen molar-refractivity contribution in [2.45, 2.75) is 13.2 Å². The Morgan fingerprint density at radius 3 is 2.14 bits per heavy atom. The maximum absolute atomic E-state index is 12.4. The number of allylic oxidation sites excluding steroid dienone is 1. The maximum atomic E-state index is 12.4. The summed E-state index contributed by atoms with van der Waals surface area (Å²) in [6.07, 6.45) is 3.66. The minimum Gasteiger partial charge on any atom is -0.472 e. The van der Waals surface area contributed by atoms with Crippen LogP contribution in [0.1, 0.15) is 22.8 Å².